The molecule has 1 unspecified atom stereocenters. The molecule has 36 heavy (non-hydrogen) atoms. The fraction of sp³-hybridized carbons (Fsp3) is 0.200. The smallest absolute Gasteiger partial charge is 0.000967 e. The lowest BCUT2D eigenvalue weighted by Gasteiger charge is -2.33. The Balaban J connectivity index is 1.71. The summed E-state index contributed by atoms with van der Waals surface area (Å²) in [4.78, 5) is 0. The minimum absolute atomic E-state index is 0.112. The van der Waals surface area contributed by atoms with E-state index >= 15 is 0 Å². The Morgan fingerprint density at radius 1 is 0.667 bits per heavy atom. The van der Waals surface area contributed by atoms with Crippen LogP contribution in [-0.2, 0) is 11.8 Å². The van der Waals surface area contributed by atoms with Crippen LogP contribution in [0.4, 0.5) is 0 Å². The summed E-state index contributed by atoms with van der Waals surface area (Å²) in [5.41, 5.74) is 7.15. The highest BCUT2D eigenvalue weighted by atomic mass is 31.1. The van der Waals surface area contributed by atoms with E-state index in [9.17, 15) is 0 Å². The van der Waals surface area contributed by atoms with Gasteiger partial charge < -0.3 is 0 Å². The van der Waals surface area contributed by atoms with E-state index in [1.807, 2.05) is 0 Å². The number of hydrogen-bond donors (Lipinski definition) is 0. The molecule has 0 radical (unpaired) electrons. The van der Waals surface area contributed by atoms with Crippen molar-refractivity contribution < 1.29 is 0 Å². The first-order valence-electron chi connectivity index (χ1n) is 13.0. The van der Waals surface area contributed by atoms with Gasteiger partial charge >= 0.3 is 0 Å². The summed E-state index contributed by atoms with van der Waals surface area (Å²) in [5, 5.41) is 13.2. The van der Waals surface area contributed by atoms with Crippen LogP contribution < -0.4 is 10.6 Å². The van der Waals surface area contributed by atoms with Crippen LogP contribution in [0.15, 0.2) is 90.3 Å². The molecule has 2 aliphatic heterocycles. The molecule has 0 aliphatic carbocycles. The Bertz CT molecular complexity index is 1800. The highest BCUT2D eigenvalue weighted by Gasteiger charge is 2.32. The standard InChI is InChI=1S/C35H31P/c1-21-10-18-27(35(3,4)5)20-29(21)28-19-17-25-14-12-23-11-13-24-15-16-26-9-7-6-8-22(2)36-33(26)31(24)30(23)32(25)34(28)36/h6-8,10-20H,9H2,1-5H3/b7-6-,22-8+. The predicted octanol–water partition coefficient (Wildman–Crippen LogP) is 9.18. The van der Waals surface area contributed by atoms with Crippen molar-refractivity contribution in [2.24, 2.45) is 0 Å². The molecule has 0 N–H and O–H groups in total. The van der Waals surface area contributed by atoms with Crippen molar-refractivity contribution in [3.8, 4) is 11.1 Å². The van der Waals surface area contributed by atoms with Crippen LogP contribution >= 0.6 is 7.92 Å². The normalized spacial score (nSPS) is 19.0. The van der Waals surface area contributed by atoms with Gasteiger partial charge in [-0.2, -0.15) is 0 Å². The first kappa shape index (κ1) is 22.0. The van der Waals surface area contributed by atoms with Crippen molar-refractivity contribution >= 4 is 50.8 Å². The molecule has 0 saturated heterocycles. The lowest BCUT2D eigenvalue weighted by molar-refractivity contribution is 0.590. The van der Waals surface area contributed by atoms with Crippen molar-refractivity contribution in [1.82, 2.24) is 0 Å². The van der Waals surface area contributed by atoms with Crippen LogP contribution in [0.25, 0.3) is 43.4 Å². The molecular weight excluding hydrogens is 451 g/mol. The molecule has 5 aromatic rings. The second-order valence-corrected chi connectivity index (χ2v) is 13.8. The van der Waals surface area contributed by atoms with E-state index in [-0.39, 0.29) is 5.41 Å². The monoisotopic (exact) mass is 482 g/mol. The number of allylic oxidation sites excluding steroid dienone is 4. The maximum Gasteiger partial charge on any atom is 0.000967 e. The molecule has 0 fully saturated rings. The van der Waals surface area contributed by atoms with Crippen LogP contribution in [0.3, 0.4) is 0 Å². The molecule has 1 atom stereocenters. The van der Waals surface area contributed by atoms with Gasteiger partial charge in [-0.05, 0) is 104 Å². The van der Waals surface area contributed by atoms with Crippen LogP contribution in [0, 0.1) is 6.92 Å². The maximum absolute atomic E-state index is 2.47. The molecule has 0 spiro atoms. The van der Waals surface area contributed by atoms with E-state index in [1.165, 1.54) is 65.4 Å². The van der Waals surface area contributed by atoms with Crippen LogP contribution in [-0.4, -0.2) is 0 Å². The van der Waals surface area contributed by atoms with Gasteiger partial charge in [-0.3, -0.25) is 0 Å². The first-order valence-corrected chi connectivity index (χ1v) is 14.4. The Kier molecular flexibility index (Phi) is 4.68. The largest absolute Gasteiger partial charge is 0.0801 e. The lowest BCUT2D eigenvalue weighted by atomic mass is 9.84. The minimum atomic E-state index is -0.643. The molecule has 0 amide bonds. The average molecular weight is 483 g/mol. The Morgan fingerprint density at radius 2 is 1.31 bits per heavy atom. The zero-order valence-corrected chi connectivity index (χ0v) is 22.6. The first-order chi connectivity index (χ1) is 17.3. The Labute approximate surface area is 215 Å². The summed E-state index contributed by atoms with van der Waals surface area (Å²) in [7, 11) is -0.643. The molecule has 2 heterocycles. The second kappa shape index (κ2) is 7.64. The molecule has 0 nitrogen and oxygen atoms in total. The molecule has 176 valence electrons. The van der Waals surface area contributed by atoms with E-state index in [0.29, 0.717) is 0 Å². The number of hydrogen-bond acceptors (Lipinski definition) is 0. The molecule has 1 heteroatoms. The third-order valence-electron chi connectivity index (χ3n) is 8.18. The SMILES string of the molecule is C/C1=C\C=C/Cc2ccc3ccc4ccc5ccc(-c6cc(C(C)(C)C)ccc6C)c6c5c4c3c2P16. The molecular formula is C35H31P. The second-order valence-electron chi connectivity index (χ2n) is 11.5. The molecule has 2 aliphatic rings. The predicted molar refractivity (Wildman–Crippen MR) is 161 cm³/mol. The van der Waals surface area contributed by atoms with E-state index in [4.69, 9.17) is 0 Å². The fourth-order valence-electron chi connectivity index (χ4n) is 6.24. The lowest BCUT2D eigenvalue weighted by Crippen LogP contribution is -2.24. The van der Waals surface area contributed by atoms with Gasteiger partial charge in [-0.15, -0.1) is 0 Å². The average Bonchev–Trinajstić information content (AvgIpc) is 2.85. The van der Waals surface area contributed by atoms with Crippen molar-refractivity contribution in [2.75, 3.05) is 0 Å². The number of aryl methyl sites for hydroxylation is 1. The van der Waals surface area contributed by atoms with Gasteiger partial charge in [-0.25, -0.2) is 0 Å². The highest BCUT2D eigenvalue weighted by molar-refractivity contribution is 7.78. The molecule has 7 rings (SSSR count). The van der Waals surface area contributed by atoms with Gasteiger partial charge in [0.05, 0.1) is 0 Å². The van der Waals surface area contributed by atoms with Crippen molar-refractivity contribution in [3.05, 3.63) is 107 Å². The minimum Gasteiger partial charge on any atom is -0.0801 e. The molecule has 0 saturated carbocycles. The van der Waals surface area contributed by atoms with Crippen molar-refractivity contribution in [2.45, 2.75) is 46.5 Å². The molecule has 0 aromatic heterocycles. The third kappa shape index (κ3) is 3.04. The summed E-state index contributed by atoms with van der Waals surface area (Å²) >= 11 is 0. The third-order valence-corrected chi connectivity index (χ3v) is 10.9. The Morgan fingerprint density at radius 3 is 2.03 bits per heavy atom. The Hall–Kier alpha value is -3.21. The quantitative estimate of drug-likeness (QED) is 0.165. The van der Waals surface area contributed by atoms with Crippen LogP contribution in [0.1, 0.15) is 44.4 Å². The fourth-order valence-corrected chi connectivity index (χ4v) is 9.23. The van der Waals surface area contributed by atoms with Gasteiger partial charge in [0.15, 0.2) is 0 Å². The number of fused-ring (bicyclic) bond motifs is 1. The van der Waals surface area contributed by atoms with E-state index in [0.717, 1.165) is 6.42 Å². The van der Waals surface area contributed by atoms with Gasteiger partial charge in [-0.1, -0.05) is 106 Å². The number of rotatable bonds is 1. The zero-order chi connectivity index (χ0) is 24.8. The summed E-state index contributed by atoms with van der Waals surface area (Å²) in [5.74, 6) is 0. The number of benzene rings is 5. The van der Waals surface area contributed by atoms with Crippen molar-refractivity contribution in [1.29, 1.82) is 0 Å². The van der Waals surface area contributed by atoms with Crippen molar-refractivity contribution in [3.63, 3.8) is 0 Å². The van der Waals surface area contributed by atoms with E-state index < -0.39 is 7.92 Å². The zero-order valence-electron chi connectivity index (χ0n) is 21.7. The van der Waals surface area contributed by atoms with E-state index in [1.54, 1.807) is 10.6 Å². The molecule has 5 aromatic carbocycles. The summed E-state index contributed by atoms with van der Waals surface area (Å²) in [6.45, 7) is 11.6. The molecule has 0 bridgehead atoms. The van der Waals surface area contributed by atoms with Gasteiger partial charge in [0.2, 0.25) is 0 Å². The summed E-state index contributed by atoms with van der Waals surface area (Å²) in [6, 6.07) is 25.9. The highest BCUT2D eigenvalue weighted by Crippen LogP contribution is 2.54. The summed E-state index contributed by atoms with van der Waals surface area (Å²) < 4.78 is 0. The topological polar surface area (TPSA) is 0 Å². The van der Waals surface area contributed by atoms with Crippen LogP contribution in [0.5, 0.6) is 0 Å². The van der Waals surface area contributed by atoms with Crippen LogP contribution in [0.2, 0.25) is 0 Å². The van der Waals surface area contributed by atoms with Gasteiger partial charge in [0.1, 0.15) is 0 Å². The van der Waals surface area contributed by atoms with Gasteiger partial charge in [0, 0.05) is 5.30 Å². The van der Waals surface area contributed by atoms with E-state index in [2.05, 4.69) is 120 Å². The van der Waals surface area contributed by atoms with Gasteiger partial charge in [0.25, 0.3) is 0 Å². The maximum atomic E-state index is 2.47. The summed E-state index contributed by atoms with van der Waals surface area (Å²) in [6.07, 6.45) is 7.98.